The first-order valence-electron chi connectivity index (χ1n) is 7.16. The van der Waals surface area contributed by atoms with Gasteiger partial charge in [0.15, 0.2) is 0 Å². The highest BCUT2D eigenvalue weighted by atomic mass is 79.9. The van der Waals surface area contributed by atoms with Crippen LogP contribution in [0.5, 0.6) is 0 Å². The van der Waals surface area contributed by atoms with Gasteiger partial charge in [0, 0.05) is 28.7 Å². The summed E-state index contributed by atoms with van der Waals surface area (Å²) in [6, 6.07) is 16.6. The number of likely N-dealkylation sites (N-methyl/N-ethyl adjacent to an activating group) is 1. The predicted molar refractivity (Wildman–Crippen MR) is 94.4 cm³/mol. The van der Waals surface area contributed by atoms with Gasteiger partial charge in [-0.15, -0.1) is 0 Å². The van der Waals surface area contributed by atoms with E-state index in [2.05, 4.69) is 72.1 Å². The summed E-state index contributed by atoms with van der Waals surface area (Å²) in [6.45, 7) is 6.46. The zero-order valence-electron chi connectivity index (χ0n) is 12.9. The van der Waals surface area contributed by atoms with Gasteiger partial charge in [-0.05, 0) is 36.4 Å². The number of anilines is 1. The third kappa shape index (κ3) is 4.32. The highest BCUT2D eigenvalue weighted by molar-refractivity contribution is 9.10. The molecule has 0 aliphatic carbocycles. The molecule has 2 aromatic carbocycles. The number of rotatable bonds is 5. The fourth-order valence-corrected chi connectivity index (χ4v) is 3.08. The Morgan fingerprint density at radius 2 is 1.67 bits per heavy atom. The molecular weight excluding hydrogens is 324 g/mol. The summed E-state index contributed by atoms with van der Waals surface area (Å²) in [4.78, 5) is 2.36. The molecule has 2 nitrogen and oxygen atoms in total. The third-order valence-corrected chi connectivity index (χ3v) is 4.53. The molecule has 112 valence electrons. The first kappa shape index (κ1) is 16.1. The van der Waals surface area contributed by atoms with E-state index in [-0.39, 0.29) is 5.41 Å². The van der Waals surface area contributed by atoms with Crippen molar-refractivity contribution >= 4 is 21.6 Å². The number of hydrogen-bond acceptors (Lipinski definition) is 2. The molecule has 0 atom stereocenters. The minimum atomic E-state index is 0.0870. The number of nitrogen functional groups attached to an aromatic ring is 1. The Labute approximate surface area is 136 Å². The Morgan fingerprint density at radius 3 is 2.29 bits per heavy atom. The molecule has 3 heteroatoms. The van der Waals surface area contributed by atoms with Gasteiger partial charge in [0.05, 0.1) is 0 Å². The minimum Gasteiger partial charge on any atom is -0.399 e. The van der Waals surface area contributed by atoms with Crippen LogP contribution in [-0.2, 0) is 12.0 Å². The second-order valence-corrected chi connectivity index (χ2v) is 7.12. The van der Waals surface area contributed by atoms with Crippen molar-refractivity contribution < 1.29 is 0 Å². The third-order valence-electron chi connectivity index (χ3n) is 3.76. The Bertz CT molecular complexity index is 590. The van der Waals surface area contributed by atoms with E-state index in [1.165, 1.54) is 15.6 Å². The summed E-state index contributed by atoms with van der Waals surface area (Å²) in [7, 11) is 2.17. The average molecular weight is 347 g/mol. The maximum absolute atomic E-state index is 5.77. The summed E-state index contributed by atoms with van der Waals surface area (Å²) in [5.74, 6) is 0. The Kier molecular flexibility index (Phi) is 5.07. The van der Waals surface area contributed by atoms with Crippen LogP contribution in [0.25, 0.3) is 0 Å². The number of halogens is 1. The molecule has 21 heavy (non-hydrogen) atoms. The molecule has 0 unspecified atom stereocenters. The molecule has 0 aliphatic rings. The van der Waals surface area contributed by atoms with Crippen molar-refractivity contribution in [2.45, 2.75) is 25.8 Å². The maximum Gasteiger partial charge on any atom is 0.0314 e. The molecule has 0 radical (unpaired) electrons. The smallest absolute Gasteiger partial charge is 0.0314 e. The van der Waals surface area contributed by atoms with E-state index in [1.54, 1.807) is 0 Å². The summed E-state index contributed by atoms with van der Waals surface area (Å²) < 4.78 is 1.17. The molecule has 0 saturated carbocycles. The molecule has 0 amide bonds. The molecule has 0 heterocycles. The van der Waals surface area contributed by atoms with Crippen molar-refractivity contribution in [2.24, 2.45) is 0 Å². The lowest BCUT2D eigenvalue weighted by atomic mass is 9.84. The van der Waals surface area contributed by atoms with Crippen molar-refractivity contribution in [3.63, 3.8) is 0 Å². The van der Waals surface area contributed by atoms with E-state index in [1.807, 2.05) is 18.2 Å². The van der Waals surface area contributed by atoms with Gasteiger partial charge in [0.1, 0.15) is 0 Å². The van der Waals surface area contributed by atoms with Crippen LogP contribution in [0.4, 0.5) is 5.69 Å². The molecule has 2 rings (SSSR count). The standard InChI is InChI=1S/C18H23BrN2/c1-18(2,15-8-10-16(20)11-9-15)13-21(3)12-14-6-4-5-7-17(14)19/h4-11H,12-13,20H2,1-3H3. The molecule has 2 N–H and O–H groups in total. The highest BCUT2D eigenvalue weighted by Crippen LogP contribution is 2.26. The summed E-state index contributed by atoms with van der Waals surface area (Å²) in [6.07, 6.45) is 0. The quantitative estimate of drug-likeness (QED) is 0.810. The van der Waals surface area contributed by atoms with Gasteiger partial charge in [-0.3, -0.25) is 0 Å². The second kappa shape index (κ2) is 6.63. The van der Waals surface area contributed by atoms with Gasteiger partial charge in [-0.1, -0.05) is 60.1 Å². The number of nitrogens with zero attached hydrogens (tertiary/aromatic N) is 1. The maximum atomic E-state index is 5.77. The van der Waals surface area contributed by atoms with Crippen molar-refractivity contribution in [2.75, 3.05) is 19.3 Å². The largest absolute Gasteiger partial charge is 0.399 e. The van der Waals surface area contributed by atoms with Crippen molar-refractivity contribution in [1.29, 1.82) is 0 Å². The molecule has 0 aromatic heterocycles. The Morgan fingerprint density at radius 1 is 1.05 bits per heavy atom. The Hall–Kier alpha value is -1.32. The molecule has 0 spiro atoms. The van der Waals surface area contributed by atoms with E-state index in [9.17, 15) is 0 Å². The lowest BCUT2D eigenvalue weighted by molar-refractivity contribution is 0.260. The molecule has 0 aliphatic heterocycles. The minimum absolute atomic E-state index is 0.0870. The van der Waals surface area contributed by atoms with E-state index in [0.717, 1.165) is 18.8 Å². The summed E-state index contributed by atoms with van der Waals surface area (Å²) >= 11 is 3.62. The molecular formula is C18H23BrN2. The SMILES string of the molecule is CN(Cc1ccccc1Br)CC(C)(C)c1ccc(N)cc1. The van der Waals surface area contributed by atoms with E-state index in [4.69, 9.17) is 5.73 Å². The number of benzene rings is 2. The number of hydrogen-bond donors (Lipinski definition) is 1. The fourth-order valence-electron chi connectivity index (χ4n) is 2.67. The van der Waals surface area contributed by atoms with Crippen LogP contribution in [0, 0.1) is 0 Å². The lowest BCUT2D eigenvalue weighted by Gasteiger charge is -2.31. The van der Waals surface area contributed by atoms with Crippen LogP contribution < -0.4 is 5.73 Å². The van der Waals surface area contributed by atoms with Crippen molar-refractivity contribution in [1.82, 2.24) is 4.90 Å². The predicted octanol–water partition coefficient (Wildman–Crippen LogP) is 4.44. The summed E-state index contributed by atoms with van der Waals surface area (Å²) in [5.41, 5.74) is 9.31. The van der Waals surface area contributed by atoms with Gasteiger partial charge in [0.25, 0.3) is 0 Å². The van der Waals surface area contributed by atoms with Gasteiger partial charge in [0.2, 0.25) is 0 Å². The molecule has 0 saturated heterocycles. The van der Waals surface area contributed by atoms with Gasteiger partial charge in [-0.2, -0.15) is 0 Å². The van der Waals surface area contributed by atoms with Gasteiger partial charge < -0.3 is 10.6 Å². The van der Waals surface area contributed by atoms with Gasteiger partial charge >= 0.3 is 0 Å². The topological polar surface area (TPSA) is 29.3 Å². The second-order valence-electron chi connectivity index (χ2n) is 6.27. The zero-order valence-corrected chi connectivity index (χ0v) is 14.5. The van der Waals surface area contributed by atoms with E-state index < -0.39 is 0 Å². The van der Waals surface area contributed by atoms with Crippen LogP contribution in [0.15, 0.2) is 53.0 Å². The molecule has 0 fully saturated rings. The highest BCUT2D eigenvalue weighted by Gasteiger charge is 2.22. The van der Waals surface area contributed by atoms with Crippen LogP contribution in [-0.4, -0.2) is 18.5 Å². The van der Waals surface area contributed by atoms with Crippen LogP contribution >= 0.6 is 15.9 Å². The number of nitrogens with two attached hydrogens (primary N) is 1. The summed E-state index contributed by atoms with van der Waals surface area (Å²) in [5, 5.41) is 0. The normalized spacial score (nSPS) is 11.9. The first-order valence-corrected chi connectivity index (χ1v) is 7.96. The van der Waals surface area contributed by atoms with Crippen LogP contribution in [0.2, 0.25) is 0 Å². The van der Waals surface area contributed by atoms with Gasteiger partial charge in [-0.25, -0.2) is 0 Å². The lowest BCUT2D eigenvalue weighted by Crippen LogP contribution is -2.34. The monoisotopic (exact) mass is 346 g/mol. The molecule has 0 bridgehead atoms. The average Bonchev–Trinajstić information content (AvgIpc) is 2.41. The van der Waals surface area contributed by atoms with Crippen LogP contribution in [0.1, 0.15) is 25.0 Å². The van der Waals surface area contributed by atoms with E-state index >= 15 is 0 Å². The zero-order chi connectivity index (χ0) is 15.5. The Balaban J connectivity index is 2.06. The van der Waals surface area contributed by atoms with Crippen LogP contribution in [0.3, 0.4) is 0 Å². The van der Waals surface area contributed by atoms with Crippen molar-refractivity contribution in [3.05, 3.63) is 64.1 Å². The van der Waals surface area contributed by atoms with Crippen molar-refractivity contribution in [3.8, 4) is 0 Å². The first-order chi connectivity index (χ1) is 9.88. The fraction of sp³-hybridized carbons (Fsp3) is 0.333. The molecule has 2 aromatic rings. The van der Waals surface area contributed by atoms with E-state index in [0.29, 0.717) is 0 Å².